The van der Waals surface area contributed by atoms with Gasteiger partial charge in [0.25, 0.3) is 0 Å². The molecule has 1 spiro atoms. The van der Waals surface area contributed by atoms with E-state index >= 15 is 0 Å². The highest BCUT2D eigenvalue weighted by Crippen LogP contribution is 2.53. The number of benzene rings is 1. The van der Waals surface area contributed by atoms with E-state index in [0.29, 0.717) is 13.2 Å². The van der Waals surface area contributed by atoms with Gasteiger partial charge in [0.15, 0.2) is 0 Å². The second-order valence-electron chi connectivity index (χ2n) is 8.08. The number of rotatable bonds is 8. The lowest BCUT2D eigenvalue weighted by Gasteiger charge is -2.30. The molecule has 6 heteroatoms. The van der Waals surface area contributed by atoms with Crippen LogP contribution in [0.15, 0.2) is 36.4 Å². The predicted molar refractivity (Wildman–Crippen MR) is 107 cm³/mol. The van der Waals surface area contributed by atoms with Crippen LogP contribution in [-0.2, 0) is 19.1 Å². The summed E-state index contributed by atoms with van der Waals surface area (Å²) in [4.78, 5) is 28.1. The van der Waals surface area contributed by atoms with Crippen LogP contribution in [0.4, 0.5) is 0 Å². The lowest BCUT2D eigenvalue weighted by atomic mass is 9.77. The molecule has 1 aromatic carbocycles. The van der Waals surface area contributed by atoms with Gasteiger partial charge in [-0.15, -0.1) is 0 Å². The smallest absolute Gasteiger partial charge is 0.312 e. The van der Waals surface area contributed by atoms with E-state index in [1.165, 1.54) is 0 Å². The van der Waals surface area contributed by atoms with Crippen LogP contribution in [0.5, 0.6) is 5.75 Å². The summed E-state index contributed by atoms with van der Waals surface area (Å²) in [5.41, 5.74) is 0.342. The van der Waals surface area contributed by atoms with E-state index in [0.717, 1.165) is 30.6 Å². The minimum Gasteiger partial charge on any atom is -0.497 e. The molecule has 4 rings (SSSR count). The zero-order chi connectivity index (χ0) is 20.6. The van der Waals surface area contributed by atoms with Crippen molar-refractivity contribution in [1.29, 1.82) is 0 Å². The Balaban J connectivity index is 1.57. The fraction of sp³-hybridized carbons (Fsp3) is 0.565. The van der Waals surface area contributed by atoms with Crippen molar-refractivity contribution >= 4 is 11.9 Å². The largest absolute Gasteiger partial charge is 0.497 e. The summed E-state index contributed by atoms with van der Waals surface area (Å²) in [6.45, 7) is 4.98. The monoisotopic (exact) mass is 399 g/mol. The van der Waals surface area contributed by atoms with Crippen molar-refractivity contribution < 1.29 is 23.8 Å². The molecular weight excluding hydrogens is 370 g/mol. The first-order chi connectivity index (χ1) is 14.0. The number of fused-ring (bicyclic) bond motifs is 1. The highest BCUT2D eigenvalue weighted by molar-refractivity contribution is 5.91. The molecule has 0 N–H and O–H groups in total. The van der Waals surface area contributed by atoms with Crippen LogP contribution in [0.25, 0.3) is 0 Å². The maximum Gasteiger partial charge on any atom is 0.312 e. The first-order valence-electron chi connectivity index (χ1n) is 10.5. The van der Waals surface area contributed by atoms with Gasteiger partial charge in [0.05, 0.1) is 38.3 Å². The van der Waals surface area contributed by atoms with Crippen molar-refractivity contribution in [2.24, 2.45) is 11.8 Å². The Bertz CT molecular complexity index is 804. The van der Waals surface area contributed by atoms with Crippen molar-refractivity contribution in [3.05, 3.63) is 42.0 Å². The molecule has 0 aromatic heterocycles. The van der Waals surface area contributed by atoms with Crippen LogP contribution in [0.2, 0.25) is 0 Å². The first-order valence-corrected chi connectivity index (χ1v) is 10.5. The molecule has 0 saturated carbocycles. The molecule has 1 aromatic rings. The number of methoxy groups -OCH3 is 1. The summed E-state index contributed by atoms with van der Waals surface area (Å²) < 4.78 is 16.9. The molecule has 6 nitrogen and oxygen atoms in total. The van der Waals surface area contributed by atoms with Gasteiger partial charge in [-0.25, -0.2) is 0 Å². The normalized spacial score (nSPS) is 30.5. The minimum absolute atomic E-state index is 0.0167. The van der Waals surface area contributed by atoms with Crippen LogP contribution < -0.4 is 4.74 Å². The second kappa shape index (κ2) is 7.82. The fourth-order valence-corrected chi connectivity index (χ4v) is 4.94. The highest BCUT2D eigenvalue weighted by Gasteiger charge is 2.67. The average Bonchev–Trinajstić information content (AvgIpc) is 3.38. The van der Waals surface area contributed by atoms with Crippen molar-refractivity contribution in [3.63, 3.8) is 0 Å². The molecule has 3 aliphatic heterocycles. The highest BCUT2D eigenvalue weighted by atomic mass is 16.6. The number of nitrogens with zero attached hydrogens (tertiary/aromatic N) is 1. The number of unbranched alkanes of at least 4 members (excludes halogenated alkanes) is 1. The molecular formula is C23H29NO5. The quantitative estimate of drug-likeness (QED) is 0.381. The van der Waals surface area contributed by atoms with E-state index in [2.05, 4.69) is 13.8 Å². The Morgan fingerprint density at radius 3 is 2.72 bits per heavy atom. The number of hydrogen-bond acceptors (Lipinski definition) is 5. The van der Waals surface area contributed by atoms with Gasteiger partial charge in [0.1, 0.15) is 17.3 Å². The Morgan fingerprint density at radius 2 is 2.07 bits per heavy atom. The third kappa shape index (κ3) is 3.23. The molecule has 2 bridgehead atoms. The average molecular weight is 399 g/mol. The van der Waals surface area contributed by atoms with Crippen molar-refractivity contribution in [2.75, 3.05) is 20.3 Å². The Morgan fingerprint density at radius 1 is 1.31 bits per heavy atom. The number of likely N-dealkylation sites (tertiary alicyclic amines) is 1. The fourth-order valence-electron chi connectivity index (χ4n) is 4.94. The van der Waals surface area contributed by atoms with Crippen molar-refractivity contribution in [2.45, 2.75) is 50.9 Å². The summed E-state index contributed by atoms with van der Waals surface area (Å²) in [7, 11) is 1.64. The van der Waals surface area contributed by atoms with Gasteiger partial charge < -0.3 is 19.1 Å². The zero-order valence-electron chi connectivity index (χ0n) is 17.3. The second-order valence-corrected chi connectivity index (χ2v) is 8.08. The van der Waals surface area contributed by atoms with Gasteiger partial charge in [-0.1, -0.05) is 44.6 Å². The lowest BCUT2D eigenvalue weighted by molar-refractivity contribution is -0.154. The standard InChI is InChI=1S/C23H29NO5/c1-4-6-13-28-22(26)19-18-11-12-23(29-18)14-24(21(25)20(19)23)17(5-2)15-7-9-16(27-3)10-8-15/h7-12,17-20H,4-6,13-14H2,1-3H3. The Hall–Kier alpha value is -2.34. The van der Waals surface area contributed by atoms with Crippen LogP contribution in [0.1, 0.15) is 44.7 Å². The van der Waals surface area contributed by atoms with E-state index in [9.17, 15) is 9.59 Å². The van der Waals surface area contributed by atoms with Gasteiger partial charge in [-0.05, 0) is 30.5 Å². The molecule has 3 aliphatic rings. The summed E-state index contributed by atoms with van der Waals surface area (Å²) in [5.74, 6) is -0.599. The minimum atomic E-state index is -0.712. The third-order valence-corrected chi connectivity index (χ3v) is 6.41. The van der Waals surface area contributed by atoms with Crippen molar-refractivity contribution in [1.82, 2.24) is 4.90 Å². The van der Waals surface area contributed by atoms with Gasteiger partial charge in [0.2, 0.25) is 5.91 Å². The number of carbonyl (C=O) groups excluding carboxylic acids is 2. The number of ether oxygens (including phenoxy) is 3. The Labute approximate surface area is 171 Å². The topological polar surface area (TPSA) is 65.1 Å². The van der Waals surface area contributed by atoms with Gasteiger partial charge in [0, 0.05) is 0 Å². The van der Waals surface area contributed by atoms with E-state index in [4.69, 9.17) is 14.2 Å². The van der Waals surface area contributed by atoms with Gasteiger partial charge in [-0.3, -0.25) is 9.59 Å². The van der Waals surface area contributed by atoms with E-state index in [1.807, 2.05) is 41.3 Å². The molecule has 1 amide bonds. The van der Waals surface area contributed by atoms with Crippen LogP contribution in [-0.4, -0.2) is 48.7 Å². The lowest BCUT2D eigenvalue weighted by Crippen LogP contribution is -2.40. The number of hydrogen-bond donors (Lipinski definition) is 0. The molecule has 0 aliphatic carbocycles. The molecule has 2 fully saturated rings. The number of esters is 1. The first kappa shape index (κ1) is 20.0. The van der Waals surface area contributed by atoms with Crippen LogP contribution in [0.3, 0.4) is 0 Å². The van der Waals surface area contributed by atoms with Crippen molar-refractivity contribution in [3.8, 4) is 5.75 Å². The zero-order valence-corrected chi connectivity index (χ0v) is 17.3. The van der Waals surface area contributed by atoms with Crippen LogP contribution >= 0.6 is 0 Å². The molecule has 3 heterocycles. The number of carbonyl (C=O) groups is 2. The predicted octanol–water partition coefficient (Wildman–Crippen LogP) is 3.27. The summed E-state index contributed by atoms with van der Waals surface area (Å²) in [6.07, 6.45) is 6.11. The molecule has 5 atom stereocenters. The van der Waals surface area contributed by atoms with E-state index in [-0.39, 0.29) is 24.0 Å². The van der Waals surface area contributed by atoms with Gasteiger partial charge in [-0.2, -0.15) is 0 Å². The maximum atomic E-state index is 13.5. The number of amides is 1. The SMILES string of the molecule is CCCCOC(=O)C1C2C=CC3(CN(C(CC)c4ccc(OC)cc4)C(=O)C13)O2. The van der Waals surface area contributed by atoms with E-state index in [1.54, 1.807) is 7.11 Å². The molecule has 0 radical (unpaired) electrons. The molecule has 29 heavy (non-hydrogen) atoms. The van der Waals surface area contributed by atoms with Crippen LogP contribution in [0, 0.1) is 11.8 Å². The molecule has 5 unspecified atom stereocenters. The molecule has 2 saturated heterocycles. The summed E-state index contributed by atoms with van der Waals surface area (Å²) >= 11 is 0. The summed E-state index contributed by atoms with van der Waals surface area (Å²) in [5, 5.41) is 0. The van der Waals surface area contributed by atoms with E-state index < -0.39 is 17.4 Å². The van der Waals surface area contributed by atoms with Gasteiger partial charge >= 0.3 is 5.97 Å². The summed E-state index contributed by atoms with van der Waals surface area (Å²) in [6, 6.07) is 7.75. The Kier molecular flexibility index (Phi) is 5.38. The molecule has 156 valence electrons. The maximum absolute atomic E-state index is 13.5. The third-order valence-electron chi connectivity index (χ3n) is 6.41.